The molecule has 2 heterocycles. The van der Waals surface area contributed by atoms with Crippen molar-refractivity contribution in [3.63, 3.8) is 0 Å². The predicted molar refractivity (Wildman–Crippen MR) is 91.7 cm³/mol. The summed E-state index contributed by atoms with van der Waals surface area (Å²) in [6.07, 6.45) is 6.39. The van der Waals surface area contributed by atoms with Crippen LogP contribution in [0.1, 0.15) is 24.3 Å². The number of nitrogens with zero attached hydrogens (tertiary/aromatic N) is 2. The minimum Gasteiger partial charge on any atom is -0.345 e. The van der Waals surface area contributed by atoms with Crippen LogP contribution in [-0.4, -0.2) is 14.5 Å². The van der Waals surface area contributed by atoms with Crippen LogP contribution in [0.3, 0.4) is 0 Å². The zero-order valence-corrected chi connectivity index (χ0v) is 12.7. The van der Waals surface area contributed by atoms with Crippen molar-refractivity contribution in [3.05, 3.63) is 72.7 Å². The molecule has 1 radical (unpaired) electrons. The number of hydrogen-bond acceptors (Lipinski definition) is 1. The Labute approximate surface area is 134 Å². The minimum atomic E-state index is 0.796. The highest BCUT2D eigenvalue weighted by Gasteiger charge is 2.23. The fourth-order valence-electron chi connectivity index (χ4n) is 3.18. The largest absolute Gasteiger partial charge is 0.345 e. The third-order valence-corrected chi connectivity index (χ3v) is 4.62. The van der Waals surface area contributed by atoms with Crippen molar-refractivity contribution in [2.75, 3.05) is 0 Å². The molecule has 2 aromatic carbocycles. The monoisotopic (exact) mass is 298 g/mol. The van der Waals surface area contributed by atoms with Crippen LogP contribution in [0.25, 0.3) is 28.0 Å². The Morgan fingerprint density at radius 2 is 1.96 bits per heavy atom. The van der Waals surface area contributed by atoms with Crippen LogP contribution in [0.5, 0.6) is 0 Å². The molecule has 0 aliphatic heterocycles. The molecule has 2 aromatic heterocycles. The van der Waals surface area contributed by atoms with Gasteiger partial charge in [-0.2, -0.15) is 0 Å². The number of rotatable bonds is 3. The first-order chi connectivity index (χ1) is 11.4. The molecule has 0 atom stereocenters. The maximum atomic E-state index is 4.35. The molecule has 5 rings (SSSR count). The molecular formula is C20H16N3. The van der Waals surface area contributed by atoms with Crippen LogP contribution < -0.4 is 0 Å². The first-order valence-corrected chi connectivity index (χ1v) is 8.01. The van der Waals surface area contributed by atoms with Gasteiger partial charge in [-0.15, -0.1) is 0 Å². The number of benzene rings is 2. The molecule has 1 saturated carbocycles. The molecule has 1 aliphatic carbocycles. The van der Waals surface area contributed by atoms with Crippen molar-refractivity contribution in [1.82, 2.24) is 14.5 Å². The van der Waals surface area contributed by atoms with Crippen molar-refractivity contribution in [3.8, 4) is 16.9 Å². The Morgan fingerprint density at radius 1 is 1.09 bits per heavy atom. The Balaban J connectivity index is 1.58. The Kier molecular flexibility index (Phi) is 2.68. The van der Waals surface area contributed by atoms with E-state index in [-0.39, 0.29) is 0 Å². The molecular weight excluding hydrogens is 282 g/mol. The zero-order valence-electron chi connectivity index (χ0n) is 12.7. The second-order valence-electron chi connectivity index (χ2n) is 6.20. The molecule has 0 saturated heterocycles. The van der Waals surface area contributed by atoms with Gasteiger partial charge in [0.05, 0.1) is 23.1 Å². The fraction of sp³-hybridized carbons (Fsp3) is 0.150. The van der Waals surface area contributed by atoms with Crippen LogP contribution in [0, 0.1) is 6.07 Å². The number of aromatic amines is 1. The van der Waals surface area contributed by atoms with Crippen molar-refractivity contribution < 1.29 is 0 Å². The average molecular weight is 298 g/mol. The van der Waals surface area contributed by atoms with Gasteiger partial charge >= 0.3 is 0 Å². The Hall–Kier alpha value is -2.81. The Morgan fingerprint density at radius 3 is 2.78 bits per heavy atom. The molecule has 0 unspecified atom stereocenters. The molecule has 111 valence electrons. The molecule has 1 N–H and O–H groups in total. The van der Waals surface area contributed by atoms with E-state index in [1.54, 1.807) is 6.33 Å². The van der Waals surface area contributed by atoms with Crippen molar-refractivity contribution in [2.24, 2.45) is 0 Å². The highest BCUT2D eigenvalue weighted by atomic mass is 15.0. The smallest absolute Gasteiger partial charge is 0.0931 e. The summed E-state index contributed by atoms with van der Waals surface area (Å²) in [6.45, 7) is 0. The topological polar surface area (TPSA) is 33.6 Å². The number of H-pyrrole nitrogens is 1. The molecule has 3 nitrogen and oxygen atoms in total. The lowest BCUT2D eigenvalue weighted by molar-refractivity contribution is 1.09. The van der Waals surface area contributed by atoms with Crippen LogP contribution in [0.15, 0.2) is 61.1 Å². The van der Waals surface area contributed by atoms with Gasteiger partial charge in [-0.3, -0.25) is 0 Å². The summed E-state index contributed by atoms with van der Waals surface area (Å²) in [4.78, 5) is 7.48. The quantitative estimate of drug-likeness (QED) is 0.584. The van der Waals surface area contributed by atoms with Gasteiger partial charge in [0.15, 0.2) is 0 Å². The normalized spacial score (nSPS) is 14.4. The van der Waals surface area contributed by atoms with Gasteiger partial charge in [-0.05, 0) is 54.2 Å². The molecule has 0 bridgehead atoms. The molecule has 0 amide bonds. The van der Waals surface area contributed by atoms with Gasteiger partial charge in [0.2, 0.25) is 0 Å². The first kappa shape index (κ1) is 12.7. The van der Waals surface area contributed by atoms with Gasteiger partial charge in [0.1, 0.15) is 0 Å². The molecule has 4 aromatic rings. The fourth-order valence-corrected chi connectivity index (χ4v) is 3.18. The second-order valence-corrected chi connectivity index (χ2v) is 6.20. The first-order valence-electron chi connectivity index (χ1n) is 8.01. The lowest BCUT2D eigenvalue weighted by Crippen LogP contribution is -1.95. The highest BCUT2D eigenvalue weighted by molar-refractivity contribution is 5.77. The summed E-state index contributed by atoms with van der Waals surface area (Å²) in [7, 11) is 0. The summed E-state index contributed by atoms with van der Waals surface area (Å²) >= 11 is 0. The minimum absolute atomic E-state index is 0.796. The van der Waals surface area contributed by atoms with Gasteiger partial charge in [-0.25, -0.2) is 4.98 Å². The van der Waals surface area contributed by atoms with E-state index in [0.717, 1.165) is 28.3 Å². The lowest BCUT2D eigenvalue weighted by Gasteiger charge is -2.10. The predicted octanol–water partition coefficient (Wildman–Crippen LogP) is 4.70. The molecule has 3 heteroatoms. The van der Waals surface area contributed by atoms with E-state index in [1.807, 2.05) is 12.3 Å². The molecule has 1 aliphatic rings. The second kappa shape index (κ2) is 4.85. The van der Waals surface area contributed by atoms with Crippen molar-refractivity contribution in [1.29, 1.82) is 0 Å². The lowest BCUT2D eigenvalue weighted by atomic mass is 10.1. The van der Waals surface area contributed by atoms with Gasteiger partial charge in [-0.1, -0.05) is 24.3 Å². The summed E-state index contributed by atoms with van der Waals surface area (Å²) < 4.78 is 2.17. The van der Waals surface area contributed by atoms with E-state index in [9.17, 15) is 0 Å². The SMILES string of the molecule is [c]1cc(-c2ccc(C3CC3)cc2)n(-c2ccc3[nH]cnc3c2)c1. The molecule has 1 fully saturated rings. The zero-order chi connectivity index (χ0) is 15.2. The maximum absolute atomic E-state index is 4.35. The summed E-state index contributed by atoms with van der Waals surface area (Å²) in [5.41, 5.74) is 6.98. The summed E-state index contributed by atoms with van der Waals surface area (Å²) in [5.74, 6) is 0.796. The average Bonchev–Trinajstić information content (AvgIpc) is 3.14. The molecule has 0 spiro atoms. The highest BCUT2D eigenvalue weighted by Crippen LogP contribution is 2.40. The van der Waals surface area contributed by atoms with E-state index in [2.05, 4.69) is 63.1 Å². The van der Waals surface area contributed by atoms with Crippen LogP contribution in [-0.2, 0) is 0 Å². The number of hydrogen-bond donors (Lipinski definition) is 1. The van der Waals surface area contributed by atoms with Gasteiger partial charge in [0, 0.05) is 18.0 Å². The summed E-state index contributed by atoms with van der Waals surface area (Å²) in [5, 5.41) is 0. The van der Waals surface area contributed by atoms with E-state index in [1.165, 1.54) is 24.0 Å². The van der Waals surface area contributed by atoms with Crippen LogP contribution in [0.4, 0.5) is 0 Å². The van der Waals surface area contributed by atoms with Crippen molar-refractivity contribution in [2.45, 2.75) is 18.8 Å². The number of nitrogens with one attached hydrogen (secondary N) is 1. The van der Waals surface area contributed by atoms with Crippen LogP contribution >= 0.6 is 0 Å². The number of imidazole rings is 1. The third-order valence-electron chi connectivity index (χ3n) is 4.62. The number of aromatic nitrogens is 3. The van der Waals surface area contributed by atoms with E-state index in [0.29, 0.717) is 0 Å². The molecule has 23 heavy (non-hydrogen) atoms. The number of fused-ring (bicyclic) bond motifs is 1. The van der Waals surface area contributed by atoms with E-state index in [4.69, 9.17) is 0 Å². The summed E-state index contributed by atoms with van der Waals surface area (Å²) in [6, 6.07) is 20.5. The van der Waals surface area contributed by atoms with Crippen molar-refractivity contribution >= 4 is 11.0 Å². The van der Waals surface area contributed by atoms with Gasteiger partial charge in [0.25, 0.3) is 0 Å². The van der Waals surface area contributed by atoms with E-state index < -0.39 is 0 Å². The van der Waals surface area contributed by atoms with E-state index >= 15 is 0 Å². The Bertz CT molecular complexity index is 971. The maximum Gasteiger partial charge on any atom is 0.0931 e. The van der Waals surface area contributed by atoms with Crippen LogP contribution in [0.2, 0.25) is 0 Å². The van der Waals surface area contributed by atoms with Gasteiger partial charge < -0.3 is 9.55 Å². The third kappa shape index (κ3) is 2.16. The standard InChI is InChI=1S/C20H16N3/c1-2-20(16-7-5-15(6-8-16)14-3-4-14)23(11-1)17-9-10-18-19(12-17)22-13-21-18/h2,5-14H,3-4H2,(H,21,22).